The van der Waals surface area contributed by atoms with Crippen molar-refractivity contribution in [2.24, 2.45) is 11.8 Å². The molecule has 0 saturated carbocycles. The van der Waals surface area contributed by atoms with Crippen molar-refractivity contribution < 1.29 is 14.4 Å². The second kappa shape index (κ2) is 8.73. The van der Waals surface area contributed by atoms with Crippen molar-refractivity contribution in [1.82, 2.24) is 20.4 Å². The van der Waals surface area contributed by atoms with E-state index in [2.05, 4.69) is 38.3 Å². The van der Waals surface area contributed by atoms with Gasteiger partial charge in [-0.05, 0) is 31.1 Å². The summed E-state index contributed by atoms with van der Waals surface area (Å²) in [5, 5.41) is 5.89. The molecule has 2 aliphatic heterocycles. The molecule has 2 aliphatic rings. The summed E-state index contributed by atoms with van der Waals surface area (Å²) in [6.45, 7) is 11.6. The Kier molecular flexibility index (Phi) is 6.89. The number of urea groups is 1. The van der Waals surface area contributed by atoms with Crippen LogP contribution in [0.15, 0.2) is 0 Å². The maximum atomic E-state index is 13.1. The van der Waals surface area contributed by atoms with Gasteiger partial charge in [0.1, 0.15) is 6.04 Å². The van der Waals surface area contributed by atoms with Crippen LogP contribution in [0.1, 0.15) is 53.9 Å². The van der Waals surface area contributed by atoms with Gasteiger partial charge in [0.25, 0.3) is 0 Å². The van der Waals surface area contributed by atoms with Gasteiger partial charge in [0, 0.05) is 32.6 Å². The second-order valence-electron chi connectivity index (χ2n) is 8.49. The molecule has 2 rings (SSSR count). The molecule has 0 aromatic heterocycles. The van der Waals surface area contributed by atoms with Gasteiger partial charge in [-0.15, -0.1) is 0 Å². The molecular weight excluding hydrogens is 332 g/mol. The zero-order chi connectivity index (χ0) is 19.4. The third-order valence-corrected chi connectivity index (χ3v) is 5.13. The van der Waals surface area contributed by atoms with Crippen LogP contribution in [-0.2, 0) is 9.59 Å². The Labute approximate surface area is 156 Å². The van der Waals surface area contributed by atoms with Crippen LogP contribution < -0.4 is 10.6 Å². The molecule has 4 amide bonds. The highest BCUT2D eigenvalue weighted by Crippen LogP contribution is 2.29. The second-order valence-corrected chi connectivity index (χ2v) is 8.49. The Morgan fingerprint density at radius 1 is 1.15 bits per heavy atom. The maximum Gasteiger partial charge on any atom is 0.318 e. The molecule has 0 bridgehead atoms. The van der Waals surface area contributed by atoms with Crippen LogP contribution >= 0.6 is 0 Å². The lowest BCUT2D eigenvalue weighted by Crippen LogP contribution is -2.63. The average Bonchev–Trinajstić information content (AvgIpc) is 2.91. The summed E-state index contributed by atoms with van der Waals surface area (Å²) in [5.74, 6) is 0.778. The molecule has 148 valence electrons. The van der Waals surface area contributed by atoms with Gasteiger partial charge in [0.05, 0.1) is 6.04 Å². The van der Waals surface area contributed by atoms with Crippen LogP contribution in [0.25, 0.3) is 0 Å². The van der Waals surface area contributed by atoms with Gasteiger partial charge in [-0.1, -0.05) is 27.7 Å². The number of carbonyl (C=O) groups excluding carboxylic acids is 3. The molecule has 2 fully saturated rings. The monoisotopic (exact) mass is 366 g/mol. The van der Waals surface area contributed by atoms with Crippen molar-refractivity contribution in [1.29, 1.82) is 0 Å². The molecule has 0 radical (unpaired) electrons. The summed E-state index contributed by atoms with van der Waals surface area (Å²) < 4.78 is 0. The van der Waals surface area contributed by atoms with Crippen LogP contribution in [0.4, 0.5) is 4.79 Å². The fourth-order valence-electron chi connectivity index (χ4n) is 3.90. The van der Waals surface area contributed by atoms with E-state index in [-0.39, 0.29) is 29.9 Å². The fraction of sp³-hybridized carbons (Fsp3) is 0.842. The predicted molar refractivity (Wildman–Crippen MR) is 101 cm³/mol. The van der Waals surface area contributed by atoms with Crippen LogP contribution in [0, 0.1) is 11.8 Å². The molecule has 26 heavy (non-hydrogen) atoms. The summed E-state index contributed by atoms with van der Waals surface area (Å²) in [6.07, 6.45) is 2.28. The van der Waals surface area contributed by atoms with Gasteiger partial charge in [-0.2, -0.15) is 0 Å². The first-order valence-electron chi connectivity index (χ1n) is 9.81. The Morgan fingerprint density at radius 3 is 2.42 bits per heavy atom. The molecule has 0 aromatic rings. The summed E-state index contributed by atoms with van der Waals surface area (Å²) in [6, 6.07) is -0.600. The van der Waals surface area contributed by atoms with Gasteiger partial charge in [0.2, 0.25) is 11.8 Å². The summed E-state index contributed by atoms with van der Waals surface area (Å²) >= 11 is 0. The third-order valence-electron chi connectivity index (χ3n) is 5.13. The normalized spacial score (nSPS) is 25.7. The van der Waals surface area contributed by atoms with Crippen LogP contribution in [0.2, 0.25) is 0 Å². The number of nitrogens with one attached hydrogen (secondary N) is 2. The number of hydrogen-bond donors (Lipinski definition) is 2. The number of amides is 4. The first kappa shape index (κ1) is 20.5. The van der Waals surface area contributed by atoms with Crippen LogP contribution in [0.5, 0.6) is 0 Å². The smallest absolute Gasteiger partial charge is 0.318 e. The zero-order valence-corrected chi connectivity index (χ0v) is 16.7. The van der Waals surface area contributed by atoms with Crippen molar-refractivity contribution >= 4 is 17.8 Å². The van der Waals surface area contributed by atoms with E-state index in [0.29, 0.717) is 44.3 Å². The van der Waals surface area contributed by atoms with E-state index < -0.39 is 6.04 Å². The minimum atomic E-state index is -0.415. The first-order chi connectivity index (χ1) is 12.2. The molecule has 0 aliphatic carbocycles. The minimum absolute atomic E-state index is 0.0152. The van der Waals surface area contributed by atoms with Crippen molar-refractivity contribution in [3.63, 3.8) is 0 Å². The minimum Gasteiger partial charge on any atom is -0.352 e. The largest absolute Gasteiger partial charge is 0.352 e. The molecule has 7 heteroatoms. The lowest BCUT2D eigenvalue weighted by Gasteiger charge is -2.43. The summed E-state index contributed by atoms with van der Waals surface area (Å²) in [4.78, 5) is 40.7. The highest BCUT2D eigenvalue weighted by atomic mass is 16.2. The van der Waals surface area contributed by atoms with E-state index in [1.165, 1.54) is 6.92 Å². The maximum absolute atomic E-state index is 13.1. The van der Waals surface area contributed by atoms with Gasteiger partial charge in [-0.25, -0.2) is 4.79 Å². The van der Waals surface area contributed by atoms with E-state index in [1.54, 1.807) is 4.90 Å². The van der Waals surface area contributed by atoms with Gasteiger partial charge >= 0.3 is 6.03 Å². The Bertz CT molecular complexity index is 535. The van der Waals surface area contributed by atoms with Crippen molar-refractivity contribution in [2.75, 3.05) is 19.6 Å². The molecule has 2 heterocycles. The van der Waals surface area contributed by atoms with Gasteiger partial charge in [0.15, 0.2) is 0 Å². The molecule has 2 N–H and O–H groups in total. The quantitative estimate of drug-likeness (QED) is 0.749. The van der Waals surface area contributed by atoms with Gasteiger partial charge in [-0.3, -0.25) is 9.59 Å². The number of hydrogen-bond acceptors (Lipinski definition) is 3. The number of carbonyl (C=O) groups is 3. The number of nitrogens with zero attached hydrogens (tertiary/aromatic N) is 2. The van der Waals surface area contributed by atoms with E-state index in [4.69, 9.17) is 0 Å². The van der Waals surface area contributed by atoms with Crippen molar-refractivity contribution in [3.05, 3.63) is 0 Å². The number of rotatable bonds is 6. The molecule has 0 spiro atoms. The lowest BCUT2D eigenvalue weighted by atomic mass is 9.97. The fourth-order valence-corrected chi connectivity index (χ4v) is 3.90. The lowest BCUT2D eigenvalue weighted by molar-refractivity contribution is -0.142. The Balaban J connectivity index is 2.09. The molecule has 0 aromatic carbocycles. The third kappa shape index (κ3) is 5.11. The van der Waals surface area contributed by atoms with Crippen LogP contribution in [0.3, 0.4) is 0 Å². The van der Waals surface area contributed by atoms with Crippen LogP contribution in [-0.4, -0.2) is 65.4 Å². The van der Waals surface area contributed by atoms with E-state index in [9.17, 15) is 14.4 Å². The van der Waals surface area contributed by atoms with E-state index in [1.807, 2.05) is 4.90 Å². The molecule has 7 nitrogen and oxygen atoms in total. The van der Waals surface area contributed by atoms with Gasteiger partial charge < -0.3 is 20.4 Å². The molecular formula is C19H34N4O3. The summed E-state index contributed by atoms with van der Waals surface area (Å²) in [5.41, 5.74) is 0. The number of piperazine rings is 1. The standard InChI is InChI=1S/C19H34N4O3/c1-12(2)6-7-20-19(26)23-11-16-9-15(21-14(5)24)10-22(16)18(25)17(23)8-13(3)4/h12-13,15-17H,6-11H2,1-5H3,(H,20,26)(H,21,24). The highest BCUT2D eigenvalue weighted by molar-refractivity contribution is 5.89. The molecule has 3 atom stereocenters. The highest BCUT2D eigenvalue weighted by Gasteiger charge is 2.47. The number of fused-ring (bicyclic) bond motifs is 1. The first-order valence-corrected chi connectivity index (χ1v) is 9.81. The molecule has 3 unspecified atom stereocenters. The van der Waals surface area contributed by atoms with Crippen molar-refractivity contribution in [3.8, 4) is 0 Å². The Morgan fingerprint density at radius 2 is 1.85 bits per heavy atom. The summed E-state index contributed by atoms with van der Waals surface area (Å²) in [7, 11) is 0. The predicted octanol–water partition coefficient (Wildman–Crippen LogP) is 1.58. The van der Waals surface area contributed by atoms with E-state index in [0.717, 1.165) is 6.42 Å². The topological polar surface area (TPSA) is 81.8 Å². The van der Waals surface area contributed by atoms with Crippen molar-refractivity contribution in [2.45, 2.75) is 72.0 Å². The zero-order valence-electron chi connectivity index (χ0n) is 16.7. The van der Waals surface area contributed by atoms with E-state index >= 15 is 0 Å². The average molecular weight is 367 g/mol. The Hall–Kier alpha value is -1.79. The molecule has 2 saturated heterocycles. The SMILES string of the molecule is CC(=O)NC1CC2CN(C(=O)NCCC(C)C)C(CC(C)C)C(=O)N2C1.